The van der Waals surface area contributed by atoms with E-state index in [4.69, 9.17) is 18.3 Å². The zero-order chi connectivity index (χ0) is 14.4. The first-order chi connectivity index (χ1) is 10.3. The van der Waals surface area contributed by atoms with E-state index in [-0.39, 0.29) is 0 Å². The van der Waals surface area contributed by atoms with Crippen molar-refractivity contribution in [3.8, 4) is 28.4 Å². The van der Waals surface area contributed by atoms with E-state index >= 15 is 0 Å². The maximum absolute atomic E-state index is 6.09. The highest BCUT2D eigenvalue weighted by Crippen LogP contribution is 2.35. The molecule has 1 aliphatic heterocycles. The van der Waals surface area contributed by atoms with E-state index in [2.05, 4.69) is 15.0 Å². The summed E-state index contributed by atoms with van der Waals surface area (Å²) < 4.78 is 7.61. The van der Waals surface area contributed by atoms with Crippen LogP contribution in [0.1, 0.15) is 0 Å². The zero-order valence-corrected chi connectivity index (χ0v) is 11.0. The van der Waals surface area contributed by atoms with E-state index in [0.717, 1.165) is 22.7 Å². The molecule has 0 aliphatic carbocycles. The molecule has 0 fully saturated rings. The van der Waals surface area contributed by atoms with Crippen LogP contribution in [0.3, 0.4) is 0 Å². The number of imidazole rings is 1. The number of aromatic nitrogens is 4. The third kappa shape index (κ3) is 1.70. The lowest BCUT2D eigenvalue weighted by Crippen LogP contribution is -2.16. The average molecular weight is 275 g/mol. The molecule has 0 atom stereocenters. The number of nitrogen functional groups attached to an aromatic ring is 1. The van der Waals surface area contributed by atoms with E-state index in [9.17, 15) is 0 Å². The molecule has 2 N–H and O–H groups in total. The first-order valence-electron chi connectivity index (χ1n) is 6.40. The number of nitrogens with two attached hydrogens (primary N) is 1. The van der Waals surface area contributed by atoms with Crippen LogP contribution in [-0.4, -0.2) is 27.4 Å². The van der Waals surface area contributed by atoms with Crippen molar-refractivity contribution < 1.29 is 4.74 Å². The van der Waals surface area contributed by atoms with Crippen LogP contribution in [0.25, 0.3) is 22.6 Å². The molecular weight excluding hydrogens is 265 g/mol. The fourth-order valence-corrected chi connectivity index (χ4v) is 2.51. The minimum atomic E-state index is 0.320. The van der Waals surface area contributed by atoms with Gasteiger partial charge in [-0.05, 0) is 18.2 Å². The van der Waals surface area contributed by atoms with Gasteiger partial charge in [0.1, 0.15) is 25.2 Å². The summed E-state index contributed by atoms with van der Waals surface area (Å²) in [5.41, 5.74) is 8.60. The Morgan fingerprint density at radius 2 is 2.14 bits per heavy atom. The van der Waals surface area contributed by atoms with Gasteiger partial charge in [-0.2, -0.15) is 0 Å². The topological polar surface area (TPSA) is 78.9 Å². The number of nitrogens with zero attached hydrogens (tertiary/aromatic N) is 4. The number of pyridine rings is 2. The predicted molar refractivity (Wildman–Crippen MR) is 79.1 cm³/mol. The smallest absolute Gasteiger partial charge is 0.166 e. The summed E-state index contributed by atoms with van der Waals surface area (Å²) in [6.07, 6.45) is 5.03. The number of hydrogen-bond donors (Lipinski definition) is 1. The highest BCUT2D eigenvalue weighted by atomic mass is 16.5. The van der Waals surface area contributed by atoms with Gasteiger partial charge in [-0.3, -0.25) is 9.55 Å². The molecule has 3 aromatic rings. The Labute approximate surface area is 122 Å². The first-order valence-corrected chi connectivity index (χ1v) is 6.40. The second-order valence-corrected chi connectivity index (χ2v) is 4.68. The van der Waals surface area contributed by atoms with Gasteiger partial charge in [-0.15, -0.1) is 0 Å². The van der Waals surface area contributed by atoms with Crippen LogP contribution in [0.2, 0.25) is 0 Å². The van der Waals surface area contributed by atoms with Crippen molar-refractivity contribution in [1.82, 2.24) is 19.5 Å². The summed E-state index contributed by atoms with van der Waals surface area (Å²) in [6.45, 7) is 0.320. The van der Waals surface area contributed by atoms with Crippen molar-refractivity contribution in [2.45, 2.75) is 6.73 Å². The van der Waals surface area contributed by atoms with Crippen molar-refractivity contribution in [2.24, 2.45) is 0 Å². The average Bonchev–Trinajstić information content (AvgIpc) is 2.84. The van der Waals surface area contributed by atoms with E-state index in [1.807, 2.05) is 22.8 Å². The van der Waals surface area contributed by atoms with Crippen LogP contribution in [-0.2, 0) is 6.73 Å². The predicted octanol–water partition coefficient (Wildman–Crippen LogP) is 0.733. The lowest BCUT2D eigenvalue weighted by atomic mass is 9.98. The maximum atomic E-state index is 6.09. The van der Waals surface area contributed by atoms with Crippen molar-refractivity contribution in [2.75, 3.05) is 5.73 Å². The largest absolute Gasteiger partial charge is 0.472 e. The van der Waals surface area contributed by atoms with E-state index < -0.39 is 0 Å². The molecule has 0 bridgehead atoms. The summed E-state index contributed by atoms with van der Waals surface area (Å²) in [5, 5.41) is 0. The lowest BCUT2D eigenvalue weighted by molar-refractivity contribution is 0.231. The van der Waals surface area contributed by atoms with Crippen molar-refractivity contribution >= 4 is 19.3 Å². The number of hydrogen-bond acceptors (Lipinski definition) is 5. The molecule has 4 rings (SSSR count). The molecule has 3 aromatic heterocycles. The molecule has 0 spiro atoms. The molecule has 100 valence electrons. The fraction of sp³-hybridized carbons (Fsp3) is 0.0714. The zero-order valence-electron chi connectivity index (χ0n) is 11.0. The van der Waals surface area contributed by atoms with Gasteiger partial charge in [0, 0.05) is 29.7 Å². The molecule has 21 heavy (non-hydrogen) atoms. The molecular formula is C14H10BN5O. The van der Waals surface area contributed by atoms with Crippen molar-refractivity contribution in [3.63, 3.8) is 0 Å². The van der Waals surface area contributed by atoms with Gasteiger partial charge in [0.2, 0.25) is 0 Å². The molecule has 4 heterocycles. The Morgan fingerprint density at radius 3 is 3.00 bits per heavy atom. The monoisotopic (exact) mass is 275 g/mol. The molecule has 7 heteroatoms. The Balaban J connectivity index is 1.98. The Hall–Kier alpha value is -2.83. The highest BCUT2D eigenvalue weighted by Gasteiger charge is 2.24. The normalized spacial score (nSPS) is 12.4. The van der Waals surface area contributed by atoms with Crippen molar-refractivity contribution in [3.05, 3.63) is 36.8 Å². The number of fused-ring (bicyclic) bond motifs is 3. The second-order valence-electron chi connectivity index (χ2n) is 4.68. The second kappa shape index (κ2) is 4.34. The summed E-state index contributed by atoms with van der Waals surface area (Å²) in [6, 6.07) is 5.48. The van der Waals surface area contributed by atoms with Crippen LogP contribution in [0.15, 0.2) is 36.8 Å². The quantitative estimate of drug-likeness (QED) is 0.662. The first kappa shape index (κ1) is 12.0. The van der Waals surface area contributed by atoms with Gasteiger partial charge in [-0.25, -0.2) is 9.97 Å². The molecule has 0 saturated carbocycles. The summed E-state index contributed by atoms with van der Waals surface area (Å²) >= 11 is 0. The highest BCUT2D eigenvalue weighted by molar-refractivity contribution is 6.34. The van der Waals surface area contributed by atoms with Crippen LogP contribution in [0.4, 0.5) is 5.82 Å². The van der Waals surface area contributed by atoms with Gasteiger partial charge >= 0.3 is 0 Å². The third-order valence-electron chi connectivity index (χ3n) is 3.46. The van der Waals surface area contributed by atoms with Crippen molar-refractivity contribution in [1.29, 1.82) is 0 Å². The van der Waals surface area contributed by atoms with E-state index in [1.54, 1.807) is 18.6 Å². The molecule has 1 aliphatic rings. The van der Waals surface area contributed by atoms with Crippen LogP contribution >= 0.6 is 0 Å². The molecule has 0 unspecified atom stereocenters. The minimum Gasteiger partial charge on any atom is -0.472 e. The fourth-order valence-electron chi connectivity index (χ4n) is 2.51. The molecule has 0 aromatic carbocycles. The van der Waals surface area contributed by atoms with Crippen LogP contribution in [0, 0.1) is 0 Å². The SMILES string of the molecule is [B]c1nc2n(c1-c1cccnc1N)COc1ccncc1-2. The Bertz CT molecular complexity index is 845. The summed E-state index contributed by atoms with van der Waals surface area (Å²) in [7, 11) is 6.09. The Morgan fingerprint density at radius 1 is 1.24 bits per heavy atom. The number of anilines is 1. The van der Waals surface area contributed by atoms with E-state index in [0.29, 0.717) is 23.8 Å². The maximum Gasteiger partial charge on any atom is 0.166 e. The molecule has 6 nitrogen and oxygen atoms in total. The van der Waals surface area contributed by atoms with Gasteiger partial charge < -0.3 is 10.5 Å². The number of rotatable bonds is 1. The lowest BCUT2D eigenvalue weighted by Gasteiger charge is -2.20. The molecule has 0 amide bonds. The van der Waals surface area contributed by atoms with Gasteiger partial charge in [0.15, 0.2) is 6.73 Å². The molecule has 0 saturated heterocycles. The van der Waals surface area contributed by atoms with Gasteiger partial charge in [0.05, 0.1) is 11.3 Å². The van der Waals surface area contributed by atoms with Crippen LogP contribution < -0.4 is 16.1 Å². The van der Waals surface area contributed by atoms with Gasteiger partial charge in [-0.1, -0.05) is 0 Å². The van der Waals surface area contributed by atoms with Gasteiger partial charge in [0.25, 0.3) is 0 Å². The number of ether oxygens (including phenoxy) is 1. The summed E-state index contributed by atoms with van der Waals surface area (Å²) in [4.78, 5) is 12.7. The standard InChI is InChI=1S/C14H10BN5O/c15-12-11(8-2-1-4-18-13(8)16)20-7-21-10-3-5-17-6-9(10)14(20)19-12/h1-6H,7H2,(H2,16,18). The van der Waals surface area contributed by atoms with E-state index in [1.165, 1.54) is 0 Å². The third-order valence-corrected chi connectivity index (χ3v) is 3.46. The Kier molecular flexibility index (Phi) is 2.47. The minimum absolute atomic E-state index is 0.320. The molecule has 2 radical (unpaired) electrons. The summed E-state index contributed by atoms with van der Waals surface area (Å²) in [5.74, 6) is 1.87. The van der Waals surface area contributed by atoms with Crippen LogP contribution in [0.5, 0.6) is 5.75 Å².